The molecule has 0 aromatic carbocycles. The van der Waals surface area contributed by atoms with E-state index < -0.39 is 0 Å². The molecular formula is C13H27N. The minimum atomic E-state index is 0.887. The number of nitrogens with zero attached hydrogens (tertiary/aromatic N) is 1. The molecule has 2 unspecified atom stereocenters. The van der Waals surface area contributed by atoms with E-state index in [1.807, 2.05) is 0 Å². The predicted molar refractivity (Wildman–Crippen MR) is 63.5 cm³/mol. The molecule has 1 aliphatic carbocycles. The first-order valence-corrected chi connectivity index (χ1v) is 6.22. The van der Waals surface area contributed by atoms with Crippen molar-refractivity contribution in [2.24, 2.45) is 17.8 Å². The van der Waals surface area contributed by atoms with Crippen molar-refractivity contribution in [1.29, 1.82) is 0 Å². The van der Waals surface area contributed by atoms with Crippen LogP contribution in [-0.4, -0.2) is 25.5 Å². The zero-order valence-electron chi connectivity index (χ0n) is 10.4. The molecule has 0 radical (unpaired) electrons. The minimum Gasteiger partial charge on any atom is -0.309 e. The van der Waals surface area contributed by atoms with Gasteiger partial charge in [-0.25, -0.2) is 0 Å². The third-order valence-electron chi connectivity index (χ3n) is 3.32. The Morgan fingerprint density at radius 1 is 1.14 bits per heavy atom. The van der Waals surface area contributed by atoms with Crippen LogP contribution in [0.25, 0.3) is 0 Å². The molecule has 1 rings (SSSR count). The van der Waals surface area contributed by atoms with Crippen molar-refractivity contribution in [1.82, 2.24) is 4.90 Å². The highest BCUT2D eigenvalue weighted by Crippen LogP contribution is 2.33. The molecule has 0 saturated heterocycles. The lowest BCUT2D eigenvalue weighted by molar-refractivity contribution is 0.197. The van der Waals surface area contributed by atoms with E-state index >= 15 is 0 Å². The van der Waals surface area contributed by atoms with E-state index in [9.17, 15) is 0 Å². The molecule has 14 heavy (non-hydrogen) atoms. The van der Waals surface area contributed by atoms with Crippen LogP contribution in [0.4, 0.5) is 0 Å². The zero-order chi connectivity index (χ0) is 10.6. The molecule has 1 saturated carbocycles. The van der Waals surface area contributed by atoms with Gasteiger partial charge in [0.05, 0.1) is 0 Å². The fourth-order valence-electron chi connectivity index (χ4n) is 2.97. The Morgan fingerprint density at radius 2 is 1.79 bits per heavy atom. The van der Waals surface area contributed by atoms with E-state index in [0.29, 0.717) is 0 Å². The molecule has 1 nitrogen and oxygen atoms in total. The van der Waals surface area contributed by atoms with Crippen molar-refractivity contribution in [2.75, 3.05) is 20.6 Å². The highest BCUT2D eigenvalue weighted by Gasteiger charge is 2.22. The van der Waals surface area contributed by atoms with Gasteiger partial charge in [-0.3, -0.25) is 0 Å². The van der Waals surface area contributed by atoms with Crippen molar-refractivity contribution in [3.8, 4) is 0 Å². The Hall–Kier alpha value is -0.0400. The summed E-state index contributed by atoms with van der Waals surface area (Å²) in [7, 11) is 4.40. The molecule has 0 bridgehead atoms. The Bertz CT molecular complexity index is 135. The monoisotopic (exact) mass is 197 g/mol. The average molecular weight is 197 g/mol. The summed E-state index contributed by atoms with van der Waals surface area (Å²) < 4.78 is 0. The van der Waals surface area contributed by atoms with Crippen molar-refractivity contribution in [3.05, 3.63) is 0 Å². The van der Waals surface area contributed by atoms with Gasteiger partial charge in [-0.05, 0) is 51.1 Å². The average Bonchev–Trinajstić information content (AvgIpc) is 2.01. The quantitative estimate of drug-likeness (QED) is 0.667. The molecule has 1 aliphatic rings. The standard InChI is InChI=1S/C13H27N/c1-11(2)8-12-6-5-7-13(9-12)10-14(3)4/h11-13H,5-10H2,1-4H3. The summed E-state index contributed by atoms with van der Waals surface area (Å²) in [6.45, 7) is 6.01. The van der Waals surface area contributed by atoms with Crippen molar-refractivity contribution >= 4 is 0 Å². The van der Waals surface area contributed by atoms with Gasteiger partial charge in [0.2, 0.25) is 0 Å². The SMILES string of the molecule is CC(C)CC1CCCC(CN(C)C)C1. The van der Waals surface area contributed by atoms with Crippen molar-refractivity contribution in [2.45, 2.75) is 46.0 Å². The van der Waals surface area contributed by atoms with Gasteiger partial charge in [0.15, 0.2) is 0 Å². The zero-order valence-corrected chi connectivity index (χ0v) is 10.4. The first-order chi connectivity index (χ1) is 6.58. The molecule has 84 valence electrons. The lowest BCUT2D eigenvalue weighted by Gasteiger charge is -2.31. The van der Waals surface area contributed by atoms with Crippen LogP contribution in [0.2, 0.25) is 0 Å². The molecule has 0 spiro atoms. The first-order valence-electron chi connectivity index (χ1n) is 6.22. The van der Waals surface area contributed by atoms with E-state index in [0.717, 1.165) is 17.8 Å². The largest absolute Gasteiger partial charge is 0.309 e. The second-order valence-corrected chi connectivity index (χ2v) is 5.79. The van der Waals surface area contributed by atoms with Crippen LogP contribution < -0.4 is 0 Å². The molecule has 0 aromatic heterocycles. The third-order valence-corrected chi connectivity index (χ3v) is 3.32. The van der Waals surface area contributed by atoms with E-state index in [1.165, 1.54) is 38.6 Å². The Labute approximate surface area is 89.9 Å². The van der Waals surface area contributed by atoms with Crippen LogP contribution in [0.15, 0.2) is 0 Å². The van der Waals surface area contributed by atoms with E-state index in [-0.39, 0.29) is 0 Å². The Morgan fingerprint density at radius 3 is 2.36 bits per heavy atom. The van der Waals surface area contributed by atoms with Crippen LogP contribution in [0, 0.1) is 17.8 Å². The van der Waals surface area contributed by atoms with Gasteiger partial charge < -0.3 is 4.90 Å². The summed E-state index contributed by atoms with van der Waals surface area (Å²) in [6.07, 6.45) is 7.35. The maximum Gasteiger partial charge on any atom is 0.000366 e. The van der Waals surface area contributed by atoms with Crippen LogP contribution in [-0.2, 0) is 0 Å². The smallest absolute Gasteiger partial charge is 0.000366 e. The second-order valence-electron chi connectivity index (χ2n) is 5.79. The molecule has 1 fully saturated rings. The molecule has 1 heteroatoms. The molecule has 0 amide bonds. The summed E-state index contributed by atoms with van der Waals surface area (Å²) in [4.78, 5) is 2.35. The summed E-state index contributed by atoms with van der Waals surface area (Å²) >= 11 is 0. The van der Waals surface area contributed by atoms with E-state index in [1.54, 1.807) is 0 Å². The van der Waals surface area contributed by atoms with Gasteiger partial charge in [0.1, 0.15) is 0 Å². The van der Waals surface area contributed by atoms with Crippen LogP contribution >= 0.6 is 0 Å². The first kappa shape index (κ1) is 12.0. The van der Waals surface area contributed by atoms with E-state index in [4.69, 9.17) is 0 Å². The molecule has 0 heterocycles. The van der Waals surface area contributed by atoms with Gasteiger partial charge in [-0.2, -0.15) is 0 Å². The Balaban J connectivity index is 2.28. The summed E-state index contributed by atoms with van der Waals surface area (Å²) in [5.74, 6) is 2.88. The van der Waals surface area contributed by atoms with Crippen molar-refractivity contribution in [3.63, 3.8) is 0 Å². The van der Waals surface area contributed by atoms with Gasteiger partial charge in [-0.1, -0.05) is 26.7 Å². The topological polar surface area (TPSA) is 3.24 Å². The highest BCUT2D eigenvalue weighted by molar-refractivity contribution is 4.75. The second kappa shape index (κ2) is 5.75. The van der Waals surface area contributed by atoms with Gasteiger partial charge in [-0.15, -0.1) is 0 Å². The number of rotatable bonds is 4. The predicted octanol–water partition coefficient (Wildman–Crippen LogP) is 3.40. The van der Waals surface area contributed by atoms with Crippen LogP contribution in [0.1, 0.15) is 46.0 Å². The summed E-state index contributed by atoms with van der Waals surface area (Å²) in [5.41, 5.74) is 0. The molecule has 0 aromatic rings. The van der Waals surface area contributed by atoms with Gasteiger partial charge in [0, 0.05) is 6.54 Å². The maximum atomic E-state index is 2.36. The minimum absolute atomic E-state index is 0.887. The fourth-order valence-corrected chi connectivity index (χ4v) is 2.97. The third kappa shape index (κ3) is 4.45. The summed E-state index contributed by atoms with van der Waals surface area (Å²) in [6, 6.07) is 0. The number of hydrogen-bond acceptors (Lipinski definition) is 1. The Kier molecular flexibility index (Phi) is 4.94. The van der Waals surface area contributed by atoms with Crippen LogP contribution in [0.3, 0.4) is 0 Å². The van der Waals surface area contributed by atoms with E-state index in [2.05, 4.69) is 32.8 Å². The van der Waals surface area contributed by atoms with Crippen molar-refractivity contribution < 1.29 is 0 Å². The molecule has 0 N–H and O–H groups in total. The molecule has 2 atom stereocenters. The molecular weight excluding hydrogens is 170 g/mol. The number of hydrogen-bond donors (Lipinski definition) is 0. The fraction of sp³-hybridized carbons (Fsp3) is 1.00. The summed E-state index contributed by atoms with van der Waals surface area (Å²) in [5, 5.41) is 0. The van der Waals surface area contributed by atoms with Gasteiger partial charge >= 0.3 is 0 Å². The lowest BCUT2D eigenvalue weighted by Crippen LogP contribution is -2.27. The molecule has 0 aliphatic heterocycles. The maximum absolute atomic E-state index is 2.36. The lowest BCUT2D eigenvalue weighted by atomic mass is 9.78. The normalized spacial score (nSPS) is 28.7. The van der Waals surface area contributed by atoms with Crippen LogP contribution in [0.5, 0.6) is 0 Å². The van der Waals surface area contributed by atoms with Gasteiger partial charge in [0.25, 0.3) is 0 Å². The highest BCUT2D eigenvalue weighted by atomic mass is 15.1.